The van der Waals surface area contributed by atoms with E-state index in [2.05, 4.69) is 30.8 Å². The molecule has 8 nitrogen and oxygen atoms in total. The van der Waals surface area contributed by atoms with Gasteiger partial charge in [0.2, 0.25) is 5.71 Å². The third kappa shape index (κ3) is 6.37. The Morgan fingerprint density at radius 2 is 1.67 bits per heavy atom. The summed E-state index contributed by atoms with van der Waals surface area (Å²) in [5.74, 6) is 1.20. The van der Waals surface area contributed by atoms with Gasteiger partial charge in [-0.25, -0.2) is 14.8 Å². The van der Waals surface area contributed by atoms with Crippen LogP contribution in [0.5, 0.6) is 0 Å². The second-order valence-corrected chi connectivity index (χ2v) is 9.74. The zero-order valence-corrected chi connectivity index (χ0v) is 22.5. The van der Waals surface area contributed by atoms with Gasteiger partial charge in [0.1, 0.15) is 22.6 Å². The smallest absolute Gasteiger partial charge is 0.323 e. The van der Waals surface area contributed by atoms with E-state index in [-0.39, 0.29) is 6.03 Å². The van der Waals surface area contributed by atoms with Crippen LogP contribution in [0.3, 0.4) is 0 Å². The van der Waals surface area contributed by atoms with Gasteiger partial charge in [-0.05, 0) is 49.8 Å². The first-order valence-electron chi connectivity index (χ1n) is 12.6. The number of aromatic nitrogens is 2. The summed E-state index contributed by atoms with van der Waals surface area (Å²) >= 11 is 6.68. The lowest BCUT2D eigenvalue weighted by molar-refractivity contribution is 0.262. The van der Waals surface area contributed by atoms with Crippen LogP contribution < -0.4 is 16.0 Å². The van der Waals surface area contributed by atoms with Crippen molar-refractivity contribution in [2.45, 2.75) is 13.0 Å². The van der Waals surface area contributed by atoms with Gasteiger partial charge in [-0.3, -0.25) is 0 Å². The maximum absolute atomic E-state index is 12.6. The number of anilines is 3. The second kappa shape index (κ2) is 12.0. The molecule has 3 aromatic carbocycles. The molecule has 2 heterocycles. The van der Waals surface area contributed by atoms with Gasteiger partial charge in [0.05, 0.1) is 0 Å². The van der Waals surface area contributed by atoms with Gasteiger partial charge in [0.25, 0.3) is 0 Å². The van der Waals surface area contributed by atoms with Crippen molar-refractivity contribution in [1.29, 1.82) is 0 Å². The Kier molecular flexibility index (Phi) is 8.05. The van der Waals surface area contributed by atoms with E-state index in [1.54, 1.807) is 0 Å². The molecule has 0 spiro atoms. The molecule has 0 bridgehead atoms. The Balaban J connectivity index is 1.18. The summed E-state index contributed by atoms with van der Waals surface area (Å²) in [5, 5.41) is 10.3. The van der Waals surface area contributed by atoms with Crippen molar-refractivity contribution in [3.05, 3.63) is 101 Å². The third-order valence-electron chi connectivity index (χ3n) is 6.14. The molecule has 2 aromatic heterocycles. The Hall–Kier alpha value is -4.40. The minimum atomic E-state index is -0.282. The number of halogens is 1. The molecule has 2 amide bonds. The molecule has 5 rings (SSSR count). The summed E-state index contributed by atoms with van der Waals surface area (Å²) in [7, 11) is 3.99. The minimum Gasteiger partial charge on any atom is -0.436 e. The molecule has 5 aromatic rings. The molecule has 0 aliphatic heterocycles. The highest BCUT2D eigenvalue weighted by atomic mass is 35.5. The quantitative estimate of drug-likeness (QED) is 0.188. The average molecular weight is 541 g/mol. The first kappa shape index (κ1) is 26.2. The van der Waals surface area contributed by atoms with E-state index in [0.717, 1.165) is 35.3 Å². The predicted octanol–water partition coefficient (Wildman–Crippen LogP) is 6.90. The molecule has 3 N–H and O–H groups in total. The third-order valence-corrected chi connectivity index (χ3v) is 6.50. The first-order valence-corrected chi connectivity index (χ1v) is 13.0. The number of fused-ring (bicyclic) bond motifs is 1. The van der Waals surface area contributed by atoms with Crippen LogP contribution in [0.25, 0.3) is 22.4 Å². The standard InChI is InChI=1S/C30H29ClN6O2/c1-37(2)18-22-10-6-7-11-24(22)36-30(38)35-23-14-12-20(13-15-23)16-17-32-28-25-26(31)27(21-8-4-3-5-9-21)39-29(25)34-19-33-28/h3-15,19H,16-18H2,1-2H3,(H,32,33,34)(H2,35,36,38). The van der Waals surface area contributed by atoms with Crippen molar-refractivity contribution in [3.63, 3.8) is 0 Å². The highest BCUT2D eigenvalue weighted by Crippen LogP contribution is 2.39. The number of hydrogen-bond donors (Lipinski definition) is 3. The van der Waals surface area contributed by atoms with Crippen molar-refractivity contribution in [2.75, 3.05) is 36.6 Å². The topological polar surface area (TPSA) is 95.3 Å². The molecule has 9 heteroatoms. The first-order chi connectivity index (χ1) is 19.0. The summed E-state index contributed by atoms with van der Waals surface area (Å²) in [6, 6.07) is 25.0. The fourth-order valence-electron chi connectivity index (χ4n) is 4.29. The van der Waals surface area contributed by atoms with Gasteiger partial charge >= 0.3 is 6.03 Å². The molecular weight excluding hydrogens is 512 g/mol. The maximum Gasteiger partial charge on any atom is 0.323 e. The highest BCUT2D eigenvalue weighted by Gasteiger charge is 2.19. The van der Waals surface area contributed by atoms with Gasteiger partial charge in [-0.1, -0.05) is 72.3 Å². The van der Waals surface area contributed by atoms with Crippen molar-refractivity contribution in [3.8, 4) is 11.3 Å². The number of hydrogen-bond acceptors (Lipinski definition) is 6. The Bertz CT molecular complexity index is 1570. The summed E-state index contributed by atoms with van der Waals surface area (Å²) in [4.78, 5) is 23.3. The number of nitrogens with zero attached hydrogens (tertiary/aromatic N) is 3. The molecule has 0 saturated heterocycles. The minimum absolute atomic E-state index is 0.282. The number of carbonyl (C=O) groups is 1. The van der Waals surface area contributed by atoms with Gasteiger partial charge in [0.15, 0.2) is 5.76 Å². The number of para-hydroxylation sites is 1. The second-order valence-electron chi connectivity index (χ2n) is 9.36. The maximum atomic E-state index is 12.6. The lowest BCUT2D eigenvalue weighted by Crippen LogP contribution is -2.21. The zero-order chi connectivity index (χ0) is 27.2. The van der Waals surface area contributed by atoms with Crippen LogP contribution in [0.1, 0.15) is 11.1 Å². The van der Waals surface area contributed by atoms with Crippen molar-refractivity contribution >= 4 is 45.9 Å². The molecule has 0 aliphatic rings. The van der Waals surface area contributed by atoms with Crippen molar-refractivity contribution in [1.82, 2.24) is 14.9 Å². The molecule has 0 unspecified atom stereocenters. The lowest BCUT2D eigenvalue weighted by Gasteiger charge is -2.15. The molecule has 39 heavy (non-hydrogen) atoms. The van der Waals surface area contributed by atoms with Crippen LogP contribution in [0.2, 0.25) is 5.02 Å². The van der Waals surface area contributed by atoms with E-state index in [1.807, 2.05) is 93.0 Å². The van der Waals surface area contributed by atoms with Gasteiger partial charge in [-0.15, -0.1) is 0 Å². The number of rotatable bonds is 9. The highest BCUT2D eigenvalue weighted by molar-refractivity contribution is 6.38. The van der Waals surface area contributed by atoms with E-state index >= 15 is 0 Å². The normalized spacial score (nSPS) is 11.1. The van der Waals surface area contributed by atoms with Crippen LogP contribution in [-0.4, -0.2) is 41.5 Å². The van der Waals surface area contributed by atoms with Crippen LogP contribution in [-0.2, 0) is 13.0 Å². The number of carbonyl (C=O) groups excluding carboxylic acids is 1. The molecular formula is C30H29ClN6O2. The molecule has 0 fully saturated rings. The van der Waals surface area contributed by atoms with Crippen LogP contribution >= 0.6 is 11.6 Å². The monoisotopic (exact) mass is 540 g/mol. The molecule has 0 aliphatic carbocycles. The molecule has 0 radical (unpaired) electrons. The fraction of sp³-hybridized carbons (Fsp3) is 0.167. The number of benzene rings is 3. The van der Waals surface area contributed by atoms with Crippen molar-refractivity contribution < 1.29 is 9.21 Å². The molecule has 198 valence electrons. The summed E-state index contributed by atoms with van der Waals surface area (Å²) in [6.07, 6.45) is 2.21. The van der Waals surface area contributed by atoms with E-state index in [4.69, 9.17) is 16.0 Å². The van der Waals surface area contributed by atoms with E-state index in [1.165, 1.54) is 6.33 Å². The summed E-state index contributed by atoms with van der Waals surface area (Å²) in [6.45, 7) is 1.37. The van der Waals surface area contributed by atoms with Crippen LogP contribution in [0.4, 0.5) is 22.0 Å². The zero-order valence-electron chi connectivity index (χ0n) is 21.7. The molecule has 0 saturated carbocycles. The number of urea groups is 1. The SMILES string of the molecule is CN(C)Cc1ccccc1NC(=O)Nc1ccc(CCNc2ncnc3oc(-c4ccccc4)c(Cl)c23)cc1. The fourth-order valence-corrected chi connectivity index (χ4v) is 4.61. The predicted molar refractivity (Wildman–Crippen MR) is 157 cm³/mol. The van der Waals surface area contributed by atoms with Gasteiger partial charge in [-0.2, -0.15) is 0 Å². The average Bonchev–Trinajstić information content (AvgIpc) is 3.28. The Morgan fingerprint density at radius 1 is 0.923 bits per heavy atom. The Labute approximate surface area is 232 Å². The lowest BCUT2D eigenvalue weighted by atomic mass is 10.1. The van der Waals surface area contributed by atoms with Gasteiger partial charge < -0.3 is 25.3 Å². The summed E-state index contributed by atoms with van der Waals surface area (Å²) < 4.78 is 5.93. The molecule has 0 atom stereocenters. The van der Waals surface area contributed by atoms with Gasteiger partial charge in [0, 0.05) is 30.0 Å². The van der Waals surface area contributed by atoms with Crippen molar-refractivity contribution in [2.24, 2.45) is 0 Å². The Morgan fingerprint density at radius 3 is 2.44 bits per heavy atom. The van der Waals surface area contributed by atoms with Crippen LogP contribution in [0, 0.1) is 0 Å². The van der Waals surface area contributed by atoms with E-state index in [0.29, 0.717) is 39.9 Å². The number of nitrogens with one attached hydrogen (secondary N) is 3. The number of amides is 2. The van der Waals surface area contributed by atoms with E-state index in [9.17, 15) is 4.79 Å². The largest absolute Gasteiger partial charge is 0.436 e. The number of furan rings is 1. The summed E-state index contributed by atoms with van der Waals surface area (Å²) in [5.41, 5.74) is 4.98. The van der Waals surface area contributed by atoms with Crippen LogP contribution in [0.15, 0.2) is 89.6 Å². The van der Waals surface area contributed by atoms with E-state index < -0.39 is 0 Å².